The maximum Gasteiger partial charge on any atom is 0.295 e. The fourth-order valence-electron chi connectivity index (χ4n) is 4.25. The van der Waals surface area contributed by atoms with E-state index in [2.05, 4.69) is 0 Å². The Kier molecular flexibility index (Phi) is 6.92. The van der Waals surface area contributed by atoms with Crippen LogP contribution < -0.4 is 9.47 Å². The average molecular weight is 472 g/mol. The maximum atomic E-state index is 13.3. The van der Waals surface area contributed by atoms with Gasteiger partial charge in [0.25, 0.3) is 11.7 Å². The van der Waals surface area contributed by atoms with Gasteiger partial charge in [0, 0.05) is 12.1 Å². The zero-order valence-electron chi connectivity index (χ0n) is 20.3. The summed E-state index contributed by atoms with van der Waals surface area (Å²) in [6, 6.07) is 21.1. The molecule has 1 atom stereocenters. The molecule has 0 bridgehead atoms. The number of carbonyl (C=O) groups excluding carboxylic acids is 2. The van der Waals surface area contributed by atoms with Gasteiger partial charge in [-0.25, -0.2) is 0 Å². The number of ketones is 1. The first-order valence-corrected chi connectivity index (χ1v) is 11.5. The third kappa shape index (κ3) is 5.06. The van der Waals surface area contributed by atoms with Crippen LogP contribution in [0, 0.1) is 6.92 Å². The Morgan fingerprint density at radius 1 is 0.971 bits per heavy atom. The lowest BCUT2D eigenvalue weighted by Crippen LogP contribution is -2.29. The predicted molar refractivity (Wildman–Crippen MR) is 134 cm³/mol. The van der Waals surface area contributed by atoms with Crippen LogP contribution in [-0.2, 0) is 16.1 Å². The van der Waals surface area contributed by atoms with Crippen molar-refractivity contribution in [3.8, 4) is 11.5 Å². The summed E-state index contributed by atoms with van der Waals surface area (Å²) in [6.07, 6.45) is 0.00534. The molecule has 180 valence electrons. The molecular formula is C29H29NO5. The van der Waals surface area contributed by atoms with Gasteiger partial charge in [-0.2, -0.15) is 0 Å². The van der Waals surface area contributed by atoms with E-state index < -0.39 is 17.7 Å². The van der Waals surface area contributed by atoms with Gasteiger partial charge in [0.05, 0.1) is 24.8 Å². The molecule has 6 heteroatoms. The summed E-state index contributed by atoms with van der Waals surface area (Å²) in [7, 11) is 1.56. The van der Waals surface area contributed by atoms with Crippen molar-refractivity contribution in [3.63, 3.8) is 0 Å². The number of rotatable bonds is 7. The van der Waals surface area contributed by atoms with E-state index in [-0.39, 0.29) is 24.0 Å². The molecule has 1 heterocycles. The van der Waals surface area contributed by atoms with Gasteiger partial charge in [0.2, 0.25) is 0 Å². The number of aryl methyl sites for hydroxylation is 1. The Hall–Kier alpha value is -4.06. The van der Waals surface area contributed by atoms with Gasteiger partial charge in [0.15, 0.2) is 0 Å². The van der Waals surface area contributed by atoms with Gasteiger partial charge in [-0.15, -0.1) is 0 Å². The van der Waals surface area contributed by atoms with Crippen LogP contribution in [0.3, 0.4) is 0 Å². The Balaban J connectivity index is 1.82. The molecule has 1 aliphatic rings. The van der Waals surface area contributed by atoms with Gasteiger partial charge in [-0.1, -0.05) is 54.1 Å². The fourth-order valence-corrected chi connectivity index (χ4v) is 4.25. The molecule has 3 aromatic carbocycles. The number of aliphatic hydroxyl groups is 1. The van der Waals surface area contributed by atoms with E-state index in [1.165, 1.54) is 4.90 Å². The molecule has 1 N–H and O–H groups in total. The lowest BCUT2D eigenvalue weighted by atomic mass is 9.94. The van der Waals surface area contributed by atoms with E-state index in [0.717, 1.165) is 11.1 Å². The molecule has 0 spiro atoms. The van der Waals surface area contributed by atoms with Crippen molar-refractivity contribution in [2.45, 2.75) is 39.5 Å². The van der Waals surface area contributed by atoms with Crippen LogP contribution in [-0.4, -0.2) is 34.9 Å². The van der Waals surface area contributed by atoms with E-state index in [1.54, 1.807) is 37.4 Å². The lowest BCUT2D eigenvalue weighted by Gasteiger charge is -2.26. The summed E-state index contributed by atoms with van der Waals surface area (Å²) in [5, 5.41) is 11.2. The van der Waals surface area contributed by atoms with Crippen molar-refractivity contribution in [3.05, 3.63) is 101 Å². The number of amides is 1. The molecule has 1 aliphatic heterocycles. The minimum atomic E-state index is -0.777. The molecule has 3 aromatic rings. The molecular weight excluding hydrogens is 442 g/mol. The SMILES string of the molecule is COc1cccc(C2/C(=C(/O)c3ccc(C)cc3)C(=O)C(=O)N2Cc2cccc(OC(C)C)c2)c1. The van der Waals surface area contributed by atoms with Crippen molar-refractivity contribution in [2.24, 2.45) is 0 Å². The van der Waals surface area contributed by atoms with Crippen LogP contribution in [0.1, 0.15) is 42.1 Å². The van der Waals surface area contributed by atoms with E-state index in [4.69, 9.17) is 9.47 Å². The standard InChI is InChI=1S/C29H29NO5/c1-18(2)35-24-10-5-7-20(15-24)17-30-26(22-8-6-9-23(16-22)34-4)25(28(32)29(30)33)27(31)21-13-11-19(3)12-14-21/h5-16,18,26,31H,17H2,1-4H3/b27-25-. The molecule has 0 aromatic heterocycles. The number of benzene rings is 3. The minimum absolute atomic E-state index is 0.00534. The first-order valence-electron chi connectivity index (χ1n) is 11.5. The van der Waals surface area contributed by atoms with Crippen LogP contribution in [0.15, 0.2) is 78.4 Å². The van der Waals surface area contributed by atoms with Crippen molar-refractivity contribution < 1.29 is 24.2 Å². The molecule has 6 nitrogen and oxygen atoms in total. The number of likely N-dealkylation sites (tertiary alicyclic amines) is 1. The second-order valence-electron chi connectivity index (χ2n) is 8.88. The summed E-state index contributed by atoms with van der Waals surface area (Å²) in [6.45, 7) is 6.00. The third-order valence-corrected chi connectivity index (χ3v) is 5.90. The molecule has 0 radical (unpaired) electrons. The number of ether oxygens (including phenoxy) is 2. The zero-order valence-corrected chi connectivity index (χ0v) is 20.3. The lowest BCUT2D eigenvalue weighted by molar-refractivity contribution is -0.140. The van der Waals surface area contributed by atoms with Crippen molar-refractivity contribution in [2.75, 3.05) is 7.11 Å². The summed E-state index contributed by atoms with van der Waals surface area (Å²) >= 11 is 0. The maximum absolute atomic E-state index is 13.3. The number of nitrogens with zero attached hydrogens (tertiary/aromatic N) is 1. The highest BCUT2D eigenvalue weighted by Crippen LogP contribution is 2.41. The Morgan fingerprint density at radius 2 is 1.66 bits per heavy atom. The van der Waals surface area contributed by atoms with E-state index >= 15 is 0 Å². The first kappa shape index (κ1) is 24.1. The molecule has 1 saturated heterocycles. The number of Topliss-reactive ketones (excluding diaryl/α,β-unsaturated/α-hetero) is 1. The van der Waals surface area contributed by atoms with Crippen molar-refractivity contribution in [1.29, 1.82) is 0 Å². The second-order valence-corrected chi connectivity index (χ2v) is 8.88. The van der Waals surface area contributed by atoms with Gasteiger partial charge in [0.1, 0.15) is 17.3 Å². The Morgan fingerprint density at radius 3 is 2.34 bits per heavy atom. The molecule has 1 amide bonds. The smallest absolute Gasteiger partial charge is 0.295 e. The number of methoxy groups -OCH3 is 1. The normalized spacial score (nSPS) is 17.2. The van der Waals surface area contributed by atoms with Crippen LogP contribution in [0.2, 0.25) is 0 Å². The molecule has 4 rings (SSSR count). The fraction of sp³-hybridized carbons (Fsp3) is 0.241. The summed E-state index contributed by atoms with van der Waals surface area (Å²) in [5.74, 6) is -0.301. The first-order chi connectivity index (χ1) is 16.8. The monoisotopic (exact) mass is 471 g/mol. The number of hydrogen-bond acceptors (Lipinski definition) is 5. The molecule has 0 aliphatic carbocycles. The topological polar surface area (TPSA) is 76.1 Å². The van der Waals surface area contributed by atoms with Crippen LogP contribution in [0.4, 0.5) is 0 Å². The van der Waals surface area contributed by atoms with Crippen molar-refractivity contribution >= 4 is 17.4 Å². The molecule has 1 unspecified atom stereocenters. The van der Waals surface area contributed by atoms with Crippen LogP contribution >= 0.6 is 0 Å². The van der Waals surface area contributed by atoms with Gasteiger partial charge < -0.3 is 19.5 Å². The quantitative estimate of drug-likeness (QED) is 0.283. The highest BCUT2D eigenvalue weighted by Gasteiger charge is 2.46. The molecule has 0 saturated carbocycles. The van der Waals surface area contributed by atoms with E-state index in [9.17, 15) is 14.7 Å². The number of hydrogen-bond donors (Lipinski definition) is 1. The van der Waals surface area contributed by atoms with Gasteiger partial charge in [-0.05, 0) is 56.2 Å². The Labute approximate surface area is 205 Å². The minimum Gasteiger partial charge on any atom is -0.507 e. The van der Waals surface area contributed by atoms with Crippen LogP contribution in [0.5, 0.6) is 11.5 Å². The zero-order chi connectivity index (χ0) is 25.1. The summed E-state index contributed by atoms with van der Waals surface area (Å²) in [4.78, 5) is 28.0. The predicted octanol–water partition coefficient (Wildman–Crippen LogP) is 5.41. The average Bonchev–Trinajstić information content (AvgIpc) is 3.09. The number of aliphatic hydroxyl groups excluding tert-OH is 1. The van der Waals surface area contributed by atoms with E-state index in [1.807, 2.05) is 63.2 Å². The number of carbonyl (C=O) groups is 2. The van der Waals surface area contributed by atoms with Crippen molar-refractivity contribution in [1.82, 2.24) is 4.90 Å². The summed E-state index contributed by atoms with van der Waals surface area (Å²) < 4.78 is 11.2. The molecule has 1 fully saturated rings. The van der Waals surface area contributed by atoms with Gasteiger partial charge >= 0.3 is 0 Å². The van der Waals surface area contributed by atoms with Gasteiger partial charge in [-0.3, -0.25) is 9.59 Å². The van der Waals surface area contributed by atoms with E-state index in [0.29, 0.717) is 22.6 Å². The Bertz CT molecular complexity index is 1280. The highest BCUT2D eigenvalue weighted by molar-refractivity contribution is 6.46. The second kappa shape index (κ2) is 10.1. The van der Waals surface area contributed by atoms with Crippen LogP contribution in [0.25, 0.3) is 5.76 Å². The molecule has 35 heavy (non-hydrogen) atoms. The summed E-state index contributed by atoms with van der Waals surface area (Å²) in [5.41, 5.74) is 3.05. The highest BCUT2D eigenvalue weighted by atomic mass is 16.5. The third-order valence-electron chi connectivity index (χ3n) is 5.90. The largest absolute Gasteiger partial charge is 0.507 e.